The Kier molecular flexibility index (Phi) is 2.24. The van der Waals surface area contributed by atoms with Crippen LogP contribution in [0.25, 0.3) is 11.0 Å². The lowest BCUT2D eigenvalue weighted by Crippen LogP contribution is -2.16. The van der Waals surface area contributed by atoms with Crippen molar-refractivity contribution < 1.29 is 4.74 Å². The summed E-state index contributed by atoms with van der Waals surface area (Å²) in [6, 6.07) is 6.62. The Balaban J connectivity index is 2.23. The van der Waals surface area contributed by atoms with Gasteiger partial charge in [0.2, 0.25) is 0 Å². The van der Waals surface area contributed by atoms with Crippen LogP contribution < -0.4 is 4.74 Å². The number of benzene rings is 1. The van der Waals surface area contributed by atoms with Crippen LogP contribution in [0.3, 0.4) is 0 Å². The second-order valence-electron chi connectivity index (χ2n) is 4.27. The zero-order valence-electron chi connectivity index (χ0n) is 9.19. The van der Waals surface area contributed by atoms with Crippen molar-refractivity contribution >= 4 is 23.3 Å². The Labute approximate surface area is 99.0 Å². The van der Waals surface area contributed by atoms with Crippen LogP contribution in [-0.2, 0) is 0 Å². The SMILES string of the molecule is COc1ccc2[nH]c(=S)n(C3CCC3)c2c1. The Morgan fingerprint density at radius 1 is 1.44 bits per heavy atom. The third-order valence-electron chi connectivity index (χ3n) is 3.36. The average molecular weight is 234 g/mol. The van der Waals surface area contributed by atoms with Gasteiger partial charge >= 0.3 is 0 Å². The van der Waals surface area contributed by atoms with Crippen LogP contribution in [0.5, 0.6) is 5.75 Å². The van der Waals surface area contributed by atoms with Gasteiger partial charge in [-0.05, 0) is 43.6 Å². The van der Waals surface area contributed by atoms with Crippen molar-refractivity contribution in [2.75, 3.05) is 7.11 Å². The van der Waals surface area contributed by atoms with Gasteiger partial charge in [0.15, 0.2) is 4.77 Å². The highest BCUT2D eigenvalue weighted by Gasteiger charge is 2.22. The second-order valence-corrected chi connectivity index (χ2v) is 4.65. The van der Waals surface area contributed by atoms with Gasteiger partial charge in [-0.3, -0.25) is 0 Å². The first kappa shape index (κ1) is 9.90. The number of fused-ring (bicyclic) bond motifs is 1. The summed E-state index contributed by atoms with van der Waals surface area (Å²) in [6.45, 7) is 0. The van der Waals surface area contributed by atoms with Gasteiger partial charge in [-0.2, -0.15) is 0 Å². The highest BCUT2D eigenvalue weighted by atomic mass is 32.1. The molecular weight excluding hydrogens is 220 g/mol. The molecular formula is C12H14N2OS. The minimum absolute atomic E-state index is 0.577. The Bertz CT molecular complexity index is 580. The lowest BCUT2D eigenvalue weighted by molar-refractivity contribution is 0.317. The molecule has 1 aliphatic carbocycles. The van der Waals surface area contributed by atoms with Crippen LogP contribution in [0, 0.1) is 4.77 Å². The summed E-state index contributed by atoms with van der Waals surface area (Å²) in [5.41, 5.74) is 2.26. The lowest BCUT2D eigenvalue weighted by atomic mass is 9.93. The van der Waals surface area contributed by atoms with Crippen molar-refractivity contribution in [3.05, 3.63) is 23.0 Å². The Hall–Kier alpha value is -1.29. The molecule has 1 aromatic heterocycles. The fourth-order valence-electron chi connectivity index (χ4n) is 2.24. The van der Waals surface area contributed by atoms with E-state index < -0.39 is 0 Å². The number of hydrogen-bond donors (Lipinski definition) is 1. The zero-order chi connectivity index (χ0) is 11.1. The molecule has 1 N–H and O–H groups in total. The van der Waals surface area contributed by atoms with E-state index in [9.17, 15) is 0 Å². The number of aromatic nitrogens is 2. The van der Waals surface area contributed by atoms with Gasteiger partial charge in [-0.25, -0.2) is 0 Å². The van der Waals surface area contributed by atoms with Crippen molar-refractivity contribution in [2.24, 2.45) is 0 Å². The van der Waals surface area contributed by atoms with E-state index in [1.54, 1.807) is 7.11 Å². The fourth-order valence-corrected chi connectivity index (χ4v) is 2.59. The van der Waals surface area contributed by atoms with Gasteiger partial charge < -0.3 is 14.3 Å². The number of ether oxygens (including phenoxy) is 1. The number of nitrogens with zero attached hydrogens (tertiary/aromatic N) is 1. The number of rotatable bonds is 2. The quantitative estimate of drug-likeness (QED) is 0.807. The molecule has 0 amide bonds. The standard InChI is InChI=1S/C12H14N2OS/c1-15-9-5-6-10-11(7-9)14(12(16)13-10)8-3-2-4-8/h5-8H,2-4H2,1H3,(H,13,16). The van der Waals surface area contributed by atoms with E-state index in [2.05, 4.69) is 15.6 Å². The summed E-state index contributed by atoms with van der Waals surface area (Å²) < 4.78 is 8.32. The summed E-state index contributed by atoms with van der Waals surface area (Å²) in [5, 5.41) is 0. The number of H-pyrrole nitrogens is 1. The third kappa shape index (κ3) is 1.37. The summed E-state index contributed by atoms with van der Waals surface area (Å²) in [7, 11) is 1.69. The van der Waals surface area contributed by atoms with Crippen molar-refractivity contribution in [1.29, 1.82) is 0 Å². The van der Waals surface area contributed by atoms with Gasteiger partial charge in [0.25, 0.3) is 0 Å². The number of methoxy groups -OCH3 is 1. The summed E-state index contributed by atoms with van der Waals surface area (Å²) in [6.07, 6.45) is 3.78. The number of aromatic amines is 1. The minimum atomic E-state index is 0.577. The molecule has 0 radical (unpaired) electrons. The molecule has 1 aromatic carbocycles. The van der Waals surface area contributed by atoms with Gasteiger partial charge in [-0.15, -0.1) is 0 Å². The van der Waals surface area contributed by atoms with Crippen molar-refractivity contribution in [2.45, 2.75) is 25.3 Å². The maximum atomic E-state index is 5.38. The molecule has 0 atom stereocenters. The predicted octanol–water partition coefficient (Wildman–Crippen LogP) is 3.43. The molecule has 0 aliphatic heterocycles. The first-order valence-corrected chi connectivity index (χ1v) is 5.98. The second kappa shape index (κ2) is 3.63. The minimum Gasteiger partial charge on any atom is -0.497 e. The monoisotopic (exact) mass is 234 g/mol. The van der Waals surface area contributed by atoms with Gasteiger partial charge in [0, 0.05) is 12.1 Å². The molecule has 0 saturated heterocycles. The third-order valence-corrected chi connectivity index (χ3v) is 3.66. The molecule has 1 aliphatic rings. The van der Waals surface area contributed by atoms with Crippen LogP contribution >= 0.6 is 12.2 Å². The fraction of sp³-hybridized carbons (Fsp3) is 0.417. The first-order valence-electron chi connectivity index (χ1n) is 5.58. The molecule has 0 spiro atoms. The van der Waals surface area contributed by atoms with Gasteiger partial charge in [0.05, 0.1) is 18.1 Å². The molecule has 84 valence electrons. The topological polar surface area (TPSA) is 29.9 Å². The van der Waals surface area contributed by atoms with E-state index in [0.717, 1.165) is 21.6 Å². The number of hydrogen-bond acceptors (Lipinski definition) is 2. The molecule has 1 heterocycles. The van der Waals surface area contributed by atoms with Crippen LogP contribution in [-0.4, -0.2) is 16.7 Å². The summed E-state index contributed by atoms with van der Waals surface area (Å²) >= 11 is 5.38. The number of imidazole rings is 1. The molecule has 2 aromatic rings. The molecule has 4 heteroatoms. The van der Waals surface area contributed by atoms with Crippen molar-refractivity contribution in [3.8, 4) is 5.75 Å². The average Bonchev–Trinajstić information content (AvgIpc) is 2.53. The molecule has 0 unspecified atom stereocenters. The van der Waals surface area contributed by atoms with E-state index >= 15 is 0 Å². The molecule has 1 saturated carbocycles. The molecule has 1 fully saturated rings. The maximum Gasteiger partial charge on any atom is 0.178 e. The van der Waals surface area contributed by atoms with Crippen molar-refractivity contribution in [3.63, 3.8) is 0 Å². The predicted molar refractivity (Wildman–Crippen MR) is 66.6 cm³/mol. The van der Waals surface area contributed by atoms with Crippen LogP contribution in [0.4, 0.5) is 0 Å². The summed E-state index contributed by atoms with van der Waals surface area (Å²) in [4.78, 5) is 3.25. The zero-order valence-corrected chi connectivity index (χ0v) is 10.0. The molecule has 3 rings (SSSR count). The lowest BCUT2D eigenvalue weighted by Gasteiger charge is -2.27. The van der Waals surface area contributed by atoms with Crippen molar-refractivity contribution in [1.82, 2.24) is 9.55 Å². The highest BCUT2D eigenvalue weighted by molar-refractivity contribution is 7.71. The van der Waals surface area contributed by atoms with E-state index in [1.807, 2.05) is 12.1 Å². The molecule has 3 nitrogen and oxygen atoms in total. The van der Waals surface area contributed by atoms with Crippen LogP contribution in [0.1, 0.15) is 25.3 Å². The molecule has 16 heavy (non-hydrogen) atoms. The van der Waals surface area contributed by atoms with E-state index in [-0.39, 0.29) is 0 Å². The number of nitrogens with one attached hydrogen (secondary N) is 1. The maximum absolute atomic E-state index is 5.38. The van der Waals surface area contributed by atoms with E-state index in [0.29, 0.717) is 6.04 Å². The van der Waals surface area contributed by atoms with Crippen LogP contribution in [0.15, 0.2) is 18.2 Å². The Morgan fingerprint density at radius 3 is 2.88 bits per heavy atom. The van der Waals surface area contributed by atoms with Gasteiger partial charge in [-0.1, -0.05) is 0 Å². The summed E-state index contributed by atoms with van der Waals surface area (Å²) in [5.74, 6) is 0.884. The van der Waals surface area contributed by atoms with Gasteiger partial charge in [0.1, 0.15) is 5.75 Å². The largest absolute Gasteiger partial charge is 0.497 e. The smallest absolute Gasteiger partial charge is 0.178 e. The highest BCUT2D eigenvalue weighted by Crippen LogP contribution is 2.35. The normalized spacial score (nSPS) is 16.3. The van der Waals surface area contributed by atoms with E-state index in [4.69, 9.17) is 17.0 Å². The van der Waals surface area contributed by atoms with Crippen LogP contribution in [0.2, 0.25) is 0 Å². The first-order chi connectivity index (χ1) is 7.79. The Morgan fingerprint density at radius 2 is 2.25 bits per heavy atom. The molecule has 0 bridgehead atoms. The van der Waals surface area contributed by atoms with E-state index in [1.165, 1.54) is 19.3 Å².